The van der Waals surface area contributed by atoms with Crippen LogP contribution in [0.3, 0.4) is 0 Å². The van der Waals surface area contributed by atoms with Gasteiger partial charge in [-0.05, 0) is 7.05 Å². The topological polar surface area (TPSA) is 52.6 Å². The van der Waals surface area contributed by atoms with E-state index in [0.29, 0.717) is 13.1 Å². The number of nitrogens with one attached hydrogen (secondary N) is 1. The van der Waals surface area contributed by atoms with Gasteiger partial charge in [-0.3, -0.25) is 4.79 Å². The predicted octanol–water partition coefficient (Wildman–Crippen LogP) is -1.34. The standard InChI is InChI=1S/C6H14N2O2/c1-7-2-3-8(6-10)4-5-9/h6-7,9H,2-5H2,1H3. The Morgan fingerprint density at radius 2 is 2.30 bits per heavy atom. The lowest BCUT2D eigenvalue weighted by Crippen LogP contribution is -2.31. The summed E-state index contributed by atoms with van der Waals surface area (Å²) in [6.45, 7) is 1.87. The Balaban J connectivity index is 3.29. The molecule has 0 bridgehead atoms. The highest BCUT2D eigenvalue weighted by Crippen LogP contribution is 1.78. The van der Waals surface area contributed by atoms with Gasteiger partial charge in [0.05, 0.1) is 6.61 Å². The number of rotatable bonds is 6. The summed E-state index contributed by atoms with van der Waals surface area (Å²) in [6, 6.07) is 0. The second kappa shape index (κ2) is 6.51. The summed E-state index contributed by atoms with van der Waals surface area (Å²) in [5, 5.41) is 11.4. The quantitative estimate of drug-likeness (QED) is 0.456. The molecule has 60 valence electrons. The Labute approximate surface area is 60.8 Å². The van der Waals surface area contributed by atoms with Crippen LogP contribution in [0.15, 0.2) is 0 Å². The van der Waals surface area contributed by atoms with E-state index >= 15 is 0 Å². The molecule has 0 aromatic rings. The molecular formula is C6H14N2O2. The molecule has 0 aliphatic rings. The molecule has 0 fully saturated rings. The van der Waals surface area contributed by atoms with Crippen molar-refractivity contribution >= 4 is 6.41 Å². The maximum absolute atomic E-state index is 10.2. The third-order valence-corrected chi connectivity index (χ3v) is 1.19. The van der Waals surface area contributed by atoms with Gasteiger partial charge in [-0.25, -0.2) is 0 Å². The number of hydrogen-bond donors (Lipinski definition) is 2. The third-order valence-electron chi connectivity index (χ3n) is 1.19. The molecule has 4 nitrogen and oxygen atoms in total. The molecule has 0 radical (unpaired) electrons. The molecule has 4 heteroatoms. The van der Waals surface area contributed by atoms with Crippen LogP contribution in [0.4, 0.5) is 0 Å². The molecular weight excluding hydrogens is 132 g/mol. The molecule has 2 N–H and O–H groups in total. The molecule has 0 saturated carbocycles. The first kappa shape index (κ1) is 9.39. The van der Waals surface area contributed by atoms with Crippen molar-refractivity contribution < 1.29 is 9.90 Å². The van der Waals surface area contributed by atoms with Crippen LogP contribution in [-0.4, -0.2) is 49.7 Å². The Bertz CT molecular complexity index is 87.8. The largest absolute Gasteiger partial charge is 0.395 e. The van der Waals surface area contributed by atoms with Crippen molar-refractivity contribution in [1.29, 1.82) is 0 Å². The van der Waals surface area contributed by atoms with E-state index in [2.05, 4.69) is 5.32 Å². The van der Waals surface area contributed by atoms with E-state index in [1.54, 1.807) is 0 Å². The van der Waals surface area contributed by atoms with E-state index in [-0.39, 0.29) is 6.61 Å². The zero-order chi connectivity index (χ0) is 7.82. The number of carbonyl (C=O) groups excluding carboxylic acids is 1. The molecule has 0 heterocycles. The van der Waals surface area contributed by atoms with Crippen molar-refractivity contribution in [3.63, 3.8) is 0 Å². The average Bonchev–Trinajstić information content (AvgIpc) is 1.98. The van der Waals surface area contributed by atoms with Crippen LogP contribution in [0, 0.1) is 0 Å². The summed E-state index contributed by atoms with van der Waals surface area (Å²) in [5.41, 5.74) is 0. The van der Waals surface area contributed by atoms with Gasteiger partial charge in [0.25, 0.3) is 0 Å². The van der Waals surface area contributed by atoms with Crippen LogP contribution in [0.2, 0.25) is 0 Å². The first-order valence-electron chi connectivity index (χ1n) is 3.30. The summed E-state index contributed by atoms with van der Waals surface area (Å²) >= 11 is 0. The normalized spacial score (nSPS) is 9.40. The molecule has 1 amide bonds. The Morgan fingerprint density at radius 3 is 2.70 bits per heavy atom. The first-order chi connectivity index (χ1) is 4.85. The molecule has 0 unspecified atom stereocenters. The molecule has 0 aliphatic carbocycles. The van der Waals surface area contributed by atoms with Gasteiger partial charge in [-0.1, -0.05) is 0 Å². The second-order valence-corrected chi connectivity index (χ2v) is 1.97. The fourth-order valence-corrected chi connectivity index (χ4v) is 0.601. The molecule has 0 saturated heterocycles. The van der Waals surface area contributed by atoms with Crippen LogP contribution in [0.25, 0.3) is 0 Å². The zero-order valence-electron chi connectivity index (χ0n) is 6.21. The van der Waals surface area contributed by atoms with Crippen LogP contribution >= 0.6 is 0 Å². The summed E-state index contributed by atoms with van der Waals surface area (Å²) in [6.07, 6.45) is 0.744. The fourth-order valence-electron chi connectivity index (χ4n) is 0.601. The molecule has 0 atom stereocenters. The average molecular weight is 146 g/mol. The van der Waals surface area contributed by atoms with Crippen molar-refractivity contribution in [3.05, 3.63) is 0 Å². The van der Waals surface area contributed by atoms with Gasteiger partial charge in [0.1, 0.15) is 0 Å². The van der Waals surface area contributed by atoms with Crippen molar-refractivity contribution in [3.8, 4) is 0 Å². The summed E-state index contributed by atoms with van der Waals surface area (Å²) in [4.78, 5) is 11.7. The Morgan fingerprint density at radius 1 is 1.60 bits per heavy atom. The van der Waals surface area contributed by atoms with E-state index in [4.69, 9.17) is 5.11 Å². The zero-order valence-corrected chi connectivity index (χ0v) is 6.21. The maximum atomic E-state index is 10.2. The van der Waals surface area contributed by atoms with Crippen molar-refractivity contribution in [2.45, 2.75) is 0 Å². The van der Waals surface area contributed by atoms with E-state index in [1.165, 1.54) is 4.90 Å². The van der Waals surface area contributed by atoms with Crippen molar-refractivity contribution in [2.24, 2.45) is 0 Å². The molecule has 0 aromatic heterocycles. The molecule has 0 spiro atoms. The predicted molar refractivity (Wildman–Crippen MR) is 38.6 cm³/mol. The Hall–Kier alpha value is -0.610. The lowest BCUT2D eigenvalue weighted by atomic mass is 10.5. The van der Waals surface area contributed by atoms with Gasteiger partial charge in [0, 0.05) is 19.6 Å². The minimum atomic E-state index is 0.0302. The lowest BCUT2D eigenvalue weighted by Gasteiger charge is -2.14. The molecule has 10 heavy (non-hydrogen) atoms. The van der Waals surface area contributed by atoms with E-state index in [1.807, 2.05) is 7.05 Å². The lowest BCUT2D eigenvalue weighted by molar-refractivity contribution is -0.118. The first-order valence-corrected chi connectivity index (χ1v) is 3.30. The monoisotopic (exact) mass is 146 g/mol. The SMILES string of the molecule is CNCCN(C=O)CCO. The van der Waals surface area contributed by atoms with Gasteiger partial charge in [0.15, 0.2) is 0 Å². The minimum Gasteiger partial charge on any atom is -0.395 e. The number of carbonyl (C=O) groups is 1. The van der Waals surface area contributed by atoms with Gasteiger partial charge in [-0.2, -0.15) is 0 Å². The second-order valence-electron chi connectivity index (χ2n) is 1.97. The van der Waals surface area contributed by atoms with Gasteiger partial charge in [-0.15, -0.1) is 0 Å². The minimum absolute atomic E-state index is 0.0302. The molecule has 0 aromatic carbocycles. The summed E-state index contributed by atoms with van der Waals surface area (Å²) in [7, 11) is 1.82. The number of nitrogens with zero attached hydrogens (tertiary/aromatic N) is 1. The fraction of sp³-hybridized carbons (Fsp3) is 0.833. The molecule has 0 rings (SSSR count). The van der Waals surface area contributed by atoms with E-state index in [9.17, 15) is 4.79 Å². The van der Waals surface area contributed by atoms with E-state index < -0.39 is 0 Å². The number of likely N-dealkylation sites (N-methyl/N-ethyl adjacent to an activating group) is 1. The van der Waals surface area contributed by atoms with Crippen LogP contribution in [0.1, 0.15) is 0 Å². The van der Waals surface area contributed by atoms with Crippen molar-refractivity contribution in [2.75, 3.05) is 33.3 Å². The smallest absolute Gasteiger partial charge is 0.209 e. The van der Waals surface area contributed by atoms with Gasteiger partial charge in [0.2, 0.25) is 6.41 Å². The third kappa shape index (κ3) is 4.29. The number of aliphatic hydroxyl groups is 1. The van der Waals surface area contributed by atoms with Crippen LogP contribution < -0.4 is 5.32 Å². The highest BCUT2D eigenvalue weighted by Gasteiger charge is 1.96. The number of hydrogen-bond acceptors (Lipinski definition) is 3. The highest BCUT2D eigenvalue weighted by atomic mass is 16.3. The Kier molecular flexibility index (Phi) is 6.11. The maximum Gasteiger partial charge on any atom is 0.209 e. The van der Waals surface area contributed by atoms with Crippen LogP contribution in [0.5, 0.6) is 0 Å². The summed E-state index contributed by atoms with van der Waals surface area (Å²) in [5.74, 6) is 0. The van der Waals surface area contributed by atoms with Gasteiger partial charge < -0.3 is 15.3 Å². The van der Waals surface area contributed by atoms with Crippen LogP contribution in [-0.2, 0) is 4.79 Å². The van der Waals surface area contributed by atoms with Crippen molar-refractivity contribution in [1.82, 2.24) is 10.2 Å². The molecule has 0 aliphatic heterocycles. The highest BCUT2D eigenvalue weighted by molar-refractivity contribution is 5.46. The van der Waals surface area contributed by atoms with E-state index in [0.717, 1.165) is 13.0 Å². The van der Waals surface area contributed by atoms with Gasteiger partial charge >= 0.3 is 0 Å². The summed E-state index contributed by atoms with van der Waals surface area (Å²) < 4.78 is 0. The number of aliphatic hydroxyl groups excluding tert-OH is 1. The number of amides is 1.